The van der Waals surface area contributed by atoms with Crippen molar-refractivity contribution in [1.29, 1.82) is 0 Å². The summed E-state index contributed by atoms with van der Waals surface area (Å²) in [6, 6.07) is 12.2. The Hall–Kier alpha value is -1.94. The summed E-state index contributed by atoms with van der Waals surface area (Å²) in [7, 11) is 0. The van der Waals surface area contributed by atoms with Crippen LogP contribution in [0.4, 0.5) is 10.2 Å². The summed E-state index contributed by atoms with van der Waals surface area (Å²) in [6.07, 6.45) is 0.968. The van der Waals surface area contributed by atoms with Crippen molar-refractivity contribution < 1.29 is 9.13 Å². The Labute approximate surface area is 117 Å². The van der Waals surface area contributed by atoms with E-state index in [1.165, 1.54) is 12.1 Å². The van der Waals surface area contributed by atoms with E-state index in [0.29, 0.717) is 6.61 Å². The van der Waals surface area contributed by atoms with Crippen molar-refractivity contribution in [3.8, 4) is 11.3 Å². The van der Waals surface area contributed by atoms with Crippen LogP contribution in [0.25, 0.3) is 11.3 Å². The summed E-state index contributed by atoms with van der Waals surface area (Å²) in [5.41, 5.74) is 1.68. The van der Waals surface area contributed by atoms with Crippen LogP contribution in [0, 0.1) is 5.82 Å². The minimum absolute atomic E-state index is 0.0611. The molecule has 0 bridgehead atoms. The van der Waals surface area contributed by atoms with Gasteiger partial charge in [0, 0.05) is 12.2 Å². The second-order valence-electron chi connectivity index (χ2n) is 5.40. The highest BCUT2D eigenvalue weighted by Gasteiger charge is 2.29. The van der Waals surface area contributed by atoms with Gasteiger partial charge in [-0.05, 0) is 49.7 Å². The van der Waals surface area contributed by atoms with Gasteiger partial charge in [0.15, 0.2) is 0 Å². The Morgan fingerprint density at radius 1 is 1.20 bits per heavy atom. The summed E-state index contributed by atoms with van der Waals surface area (Å²) in [5, 5.41) is 3.43. The molecule has 1 unspecified atom stereocenters. The SMILES string of the molecule is CC1(Nc2cccc(-c3ccc(F)cc3)n2)CCOC1. The molecule has 1 aromatic carbocycles. The first kappa shape index (κ1) is 13.1. The maximum atomic E-state index is 13.0. The van der Waals surface area contributed by atoms with Gasteiger partial charge < -0.3 is 10.1 Å². The molecule has 1 aliphatic heterocycles. The molecule has 3 rings (SSSR count). The van der Waals surface area contributed by atoms with Crippen molar-refractivity contribution in [3.63, 3.8) is 0 Å². The van der Waals surface area contributed by atoms with Crippen molar-refractivity contribution in [2.24, 2.45) is 0 Å². The maximum absolute atomic E-state index is 13.0. The summed E-state index contributed by atoms with van der Waals surface area (Å²) in [6.45, 7) is 3.60. The van der Waals surface area contributed by atoms with Crippen LogP contribution in [-0.2, 0) is 4.74 Å². The predicted octanol–water partition coefficient (Wildman–Crippen LogP) is 3.48. The van der Waals surface area contributed by atoms with E-state index in [9.17, 15) is 4.39 Å². The third-order valence-electron chi connectivity index (χ3n) is 3.54. The Bertz CT molecular complexity index is 592. The number of benzene rings is 1. The van der Waals surface area contributed by atoms with Crippen LogP contribution >= 0.6 is 0 Å². The zero-order chi connectivity index (χ0) is 14.0. The van der Waals surface area contributed by atoms with Gasteiger partial charge in [0.1, 0.15) is 11.6 Å². The molecule has 0 spiro atoms. The predicted molar refractivity (Wildman–Crippen MR) is 77.1 cm³/mol. The Morgan fingerprint density at radius 2 is 2.00 bits per heavy atom. The van der Waals surface area contributed by atoms with Crippen LogP contribution < -0.4 is 5.32 Å². The minimum Gasteiger partial charge on any atom is -0.379 e. The third kappa shape index (κ3) is 2.80. The Morgan fingerprint density at radius 3 is 2.70 bits per heavy atom. The fraction of sp³-hybridized carbons (Fsp3) is 0.312. The van der Waals surface area contributed by atoms with E-state index in [1.54, 1.807) is 12.1 Å². The van der Waals surface area contributed by atoms with Crippen LogP contribution in [0.3, 0.4) is 0 Å². The fourth-order valence-electron chi connectivity index (χ4n) is 2.36. The molecule has 1 N–H and O–H groups in total. The van der Waals surface area contributed by atoms with Crippen molar-refractivity contribution >= 4 is 5.82 Å². The van der Waals surface area contributed by atoms with Gasteiger partial charge in [0.05, 0.1) is 17.8 Å². The van der Waals surface area contributed by atoms with E-state index in [1.807, 2.05) is 18.2 Å². The smallest absolute Gasteiger partial charge is 0.127 e. The van der Waals surface area contributed by atoms with E-state index < -0.39 is 0 Å². The zero-order valence-corrected chi connectivity index (χ0v) is 11.4. The molecule has 1 fully saturated rings. The van der Waals surface area contributed by atoms with Gasteiger partial charge in [-0.2, -0.15) is 0 Å². The number of rotatable bonds is 3. The molecule has 1 atom stereocenters. The first-order chi connectivity index (χ1) is 9.65. The van der Waals surface area contributed by atoms with Crippen LogP contribution in [0.15, 0.2) is 42.5 Å². The van der Waals surface area contributed by atoms with Crippen molar-refractivity contribution in [2.75, 3.05) is 18.5 Å². The molecule has 1 aromatic heterocycles. The standard InChI is InChI=1S/C16H17FN2O/c1-16(9-10-20-11-16)19-15-4-2-3-14(18-15)12-5-7-13(17)8-6-12/h2-8H,9-11H2,1H3,(H,18,19). The minimum atomic E-state index is -0.237. The van der Waals surface area contributed by atoms with E-state index >= 15 is 0 Å². The summed E-state index contributed by atoms with van der Waals surface area (Å²) < 4.78 is 18.4. The molecule has 3 nitrogen and oxygen atoms in total. The van der Waals surface area contributed by atoms with Crippen molar-refractivity contribution in [2.45, 2.75) is 18.9 Å². The quantitative estimate of drug-likeness (QED) is 0.929. The number of aromatic nitrogens is 1. The Kier molecular flexibility index (Phi) is 3.40. The summed E-state index contributed by atoms with van der Waals surface area (Å²) >= 11 is 0. The second-order valence-corrected chi connectivity index (χ2v) is 5.40. The van der Waals surface area contributed by atoms with Gasteiger partial charge in [-0.1, -0.05) is 6.07 Å². The summed E-state index contributed by atoms with van der Waals surface area (Å²) in [4.78, 5) is 4.59. The number of anilines is 1. The molecule has 0 amide bonds. The fourth-order valence-corrected chi connectivity index (χ4v) is 2.36. The molecule has 20 heavy (non-hydrogen) atoms. The number of halogens is 1. The van der Waals surface area contributed by atoms with Crippen LogP contribution in [0.5, 0.6) is 0 Å². The molecule has 4 heteroatoms. The lowest BCUT2D eigenvalue weighted by molar-refractivity contribution is 0.185. The van der Waals surface area contributed by atoms with E-state index in [-0.39, 0.29) is 11.4 Å². The van der Waals surface area contributed by atoms with E-state index in [0.717, 1.165) is 30.1 Å². The van der Waals surface area contributed by atoms with Crippen molar-refractivity contribution in [3.05, 3.63) is 48.3 Å². The molecule has 0 radical (unpaired) electrons. The van der Waals surface area contributed by atoms with Gasteiger partial charge in [0.2, 0.25) is 0 Å². The molecule has 1 aliphatic rings. The lowest BCUT2D eigenvalue weighted by Crippen LogP contribution is -2.35. The number of hydrogen-bond acceptors (Lipinski definition) is 3. The van der Waals surface area contributed by atoms with Gasteiger partial charge >= 0.3 is 0 Å². The molecule has 2 aromatic rings. The zero-order valence-electron chi connectivity index (χ0n) is 11.4. The lowest BCUT2D eigenvalue weighted by atomic mass is 10.0. The average Bonchev–Trinajstić information content (AvgIpc) is 2.86. The number of hydrogen-bond donors (Lipinski definition) is 1. The van der Waals surface area contributed by atoms with E-state index in [4.69, 9.17) is 4.74 Å². The van der Waals surface area contributed by atoms with Crippen LogP contribution in [0.1, 0.15) is 13.3 Å². The van der Waals surface area contributed by atoms with Gasteiger partial charge in [-0.15, -0.1) is 0 Å². The number of nitrogens with one attached hydrogen (secondary N) is 1. The van der Waals surface area contributed by atoms with Crippen LogP contribution in [-0.4, -0.2) is 23.7 Å². The number of nitrogens with zero attached hydrogens (tertiary/aromatic N) is 1. The summed E-state index contributed by atoms with van der Waals surface area (Å²) in [5.74, 6) is 0.582. The highest BCUT2D eigenvalue weighted by Crippen LogP contribution is 2.25. The average molecular weight is 272 g/mol. The van der Waals surface area contributed by atoms with Gasteiger partial charge in [-0.3, -0.25) is 0 Å². The number of ether oxygens (including phenoxy) is 1. The molecule has 104 valence electrons. The highest BCUT2D eigenvalue weighted by atomic mass is 19.1. The molecule has 0 aliphatic carbocycles. The van der Waals surface area contributed by atoms with Crippen molar-refractivity contribution in [1.82, 2.24) is 4.98 Å². The molecule has 1 saturated heterocycles. The van der Waals surface area contributed by atoms with Gasteiger partial charge in [-0.25, -0.2) is 9.37 Å². The molecule has 0 saturated carbocycles. The van der Waals surface area contributed by atoms with E-state index in [2.05, 4.69) is 17.2 Å². The van der Waals surface area contributed by atoms with Crippen LogP contribution in [0.2, 0.25) is 0 Å². The lowest BCUT2D eigenvalue weighted by Gasteiger charge is -2.24. The Balaban J connectivity index is 1.84. The monoisotopic (exact) mass is 272 g/mol. The normalized spacial score (nSPS) is 21.9. The topological polar surface area (TPSA) is 34.2 Å². The van der Waals surface area contributed by atoms with Gasteiger partial charge in [0.25, 0.3) is 0 Å². The first-order valence-corrected chi connectivity index (χ1v) is 6.74. The number of pyridine rings is 1. The largest absolute Gasteiger partial charge is 0.379 e. The third-order valence-corrected chi connectivity index (χ3v) is 3.54. The maximum Gasteiger partial charge on any atom is 0.127 e. The molecular formula is C16H17FN2O. The second kappa shape index (κ2) is 5.21. The first-order valence-electron chi connectivity index (χ1n) is 6.74. The highest BCUT2D eigenvalue weighted by molar-refractivity contribution is 5.61. The molecule has 2 heterocycles. The molecular weight excluding hydrogens is 255 g/mol.